The van der Waals surface area contributed by atoms with E-state index in [1.54, 1.807) is 0 Å². The van der Waals surface area contributed by atoms with Crippen molar-refractivity contribution in [3.63, 3.8) is 0 Å². The summed E-state index contributed by atoms with van der Waals surface area (Å²) in [6.45, 7) is 6.39. The number of aryl methyl sites for hydroxylation is 2. The first-order valence-electron chi connectivity index (χ1n) is 9.63. The Labute approximate surface area is 148 Å². The monoisotopic (exact) mass is 337 g/mol. The summed E-state index contributed by atoms with van der Waals surface area (Å²) in [4.78, 5) is 9.79. The number of hydrogen-bond donors (Lipinski definition) is 1. The van der Waals surface area contributed by atoms with Gasteiger partial charge in [-0.15, -0.1) is 5.10 Å². The molecule has 1 N–H and O–H groups in total. The molecule has 0 amide bonds. The Bertz CT molecular complexity index is 873. The zero-order chi connectivity index (χ0) is 17.2. The fourth-order valence-electron chi connectivity index (χ4n) is 3.91. The second-order valence-corrected chi connectivity index (χ2v) is 7.15. The van der Waals surface area contributed by atoms with E-state index in [1.807, 2.05) is 11.4 Å². The third kappa shape index (κ3) is 3.25. The number of fused-ring (bicyclic) bond motifs is 3. The molecular formula is C20H27N5. The molecule has 2 aromatic heterocycles. The summed E-state index contributed by atoms with van der Waals surface area (Å²) in [5, 5.41) is 9.35. The first kappa shape index (κ1) is 16.5. The summed E-state index contributed by atoms with van der Waals surface area (Å²) < 4.78 is 2.02. The van der Waals surface area contributed by atoms with Gasteiger partial charge >= 0.3 is 0 Å². The van der Waals surface area contributed by atoms with Crippen LogP contribution in [-0.4, -0.2) is 32.7 Å². The quantitative estimate of drug-likeness (QED) is 0.773. The predicted octanol–water partition coefficient (Wildman–Crippen LogP) is 3.79. The summed E-state index contributed by atoms with van der Waals surface area (Å²) in [7, 11) is 0. The van der Waals surface area contributed by atoms with E-state index in [0.29, 0.717) is 5.92 Å². The third-order valence-electron chi connectivity index (χ3n) is 5.30. The van der Waals surface area contributed by atoms with Gasteiger partial charge in [0.1, 0.15) is 11.6 Å². The lowest BCUT2D eigenvalue weighted by Crippen LogP contribution is -2.16. The average Bonchev–Trinajstić information content (AvgIpc) is 3.07. The highest BCUT2D eigenvalue weighted by atomic mass is 15.3. The topological polar surface area (TPSA) is 55.1 Å². The summed E-state index contributed by atoms with van der Waals surface area (Å²) >= 11 is 0. The van der Waals surface area contributed by atoms with E-state index < -0.39 is 0 Å². The molecule has 1 aromatic carbocycles. The van der Waals surface area contributed by atoms with Crippen molar-refractivity contribution in [3.8, 4) is 0 Å². The summed E-state index contributed by atoms with van der Waals surface area (Å²) in [6.07, 6.45) is 7.03. The molecule has 5 heteroatoms. The summed E-state index contributed by atoms with van der Waals surface area (Å²) in [6, 6.07) is 6.56. The van der Waals surface area contributed by atoms with Gasteiger partial charge in [0, 0.05) is 11.3 Å². The van der Waals surface area contributed by atoms with Gasteiger partial charge in [-0.25, -0.2) is 9.97 Å². The van der Waals surface area contributed by atoms with E-state index in [2.05, 4.69) is 30.4 Å². The number of rotatable bonds is 2. The van der Waals surface area contributed by atoms with Crippen molar-refractivity contribution in [2.75, 3.05) is 13.1 Å². The Hall–Kier alpha value is -2.01. The van der Waals surface area contributed by atoms with E-state index in [9.17, 15) is 0 Å². The molecule has 0 spiro atoms. The van der Waals surface area contributed by atoms with Crippen LogP contribution in [0.25, 0.3) is 16.6 Å². The van der Waals surface area contributed by atoms with Crippen molar-refractivity contribution in [1.82, 2.24) is 24.9 Å². The molecule has 5 nitrogen and oxygen atoms in total. The van der Waals surface area contributed by atoms with Gasteiger partial charge in [0.25, 0.3) is 0 Å². The van der Waals surface area contributed by atoms with Crippen LogP contribution in [0.3, 0.4) is 0 Å². The van der Waals surface area contributed by atoms with Gasteiger partial charge in [-0.2, -0.15) is 4.52 Å². The smallest absolute Gasteiger partial charge is 0.167 e. The van der Waals surface area contributed by atoms with Gasteiger partial charge in [-0.05, 0) is 69.8 Å². The number of nitrogens with zero attached hydrogens (tertiary/aromatic N) is 4. The van der Waals surface area contributed by atoms with E-state index >= 15 is 0 Å². The fourth-order valence-corrected chi connectivity index (χ4v) is 3.91. The molecule has 3 aromatic rings. The zero-order valence-electron chi connectivity index (χ0n) is 15.3. The van der Waals surface area contributed by atoms with Crippen molar-refractivity contribution in [2.24, 2.45) is 0 Å². The normalized spacial score (nSPS) is 19.7. The number of benzene rings is 1. The minimum atomic E-state index is 0.457. The molecule has 1 unspecified atom stereocenters. The van der Waals surface area contributed by atoms with Crippen LogP contribution in [0.4, 0.5) is 0 Å². The average molecular weight is 337 g/mol. The van der Waals surface area contributed by atoms with Crippen molar-refractivity contribution in [3.05, 3.63) is 35.4 Å². The van der Waals surface area contributed by atoms with Gasteiger partial charge in [0.05, 0.1) is 5.52 Å². The maximum Gasteiger partial charge on any atom is 0.167 e. The standard InChI is InChI=1S/C20H27N5/c1-3-15-9-10-18-17(13-15)20-22-14(2)24-25(20)19(23-18)16-7-4-5-11-21-12-6-8-16/h9-10,13,16,21H,3-8,11-12H2,1-2H3. The molecule has 0 radical (unpaired) electrons. The molecule has 4 rings (SSSR count). The molecular weight excluding hydrogens is 310 g/mol. The van der Waals surface area contributed by atoms with E-state index in [-0.39, 0.29) is 0 Å². The lowest BCUT2D eigenvalue weighted by Gasteiger charge is -2.17. The van der Waals surface area contributed by atoms with Crippen molar-refractivity contribution in [1.29, 1.82) is 0 Å². The fraction of sp³-hybridized carbons (Fsp3) is 0.550. The molecule has 3 heterocycles. The first-order chi connectivity index (χ1) is 12.3. The van der Waals surface area contributed by atoms with E-state index in [4.69, 9.17) is 15.1 Å². The van der Waals surface area contributed by atoms with Crippen LogP contribution in [0.2, 0.25) is 0 Å². The van der Waals surface area contributed by atoms with Crippen molar-refractivity contribution < 1.29 is 0 Å². The minimum absolute atomic E-state index is 0.457. The lowest BCUT2D eigenvalue weighted by molar-refractivity contribution is 0.511. The third-order valence-corrected chi connectivity index (χ3v) is 5.30. The minimum Gasteiger partial charge on any atom is -0.317 e. The molecule has 0 saturated carbocycles. The van der Waals surface area contributed by atoms with Crippen LogP contribution in [0.1, 0.15) is 62.2 Å². The van der Waals surface area contributed by atoms with Crippen LogP contribution >= 0.6 is 0 Å². The van der Waals surface area contributed by atoms with Gasteiger partial charge in [0.15, 0.2) is 5.65 Å². The highest BCUT2D eigenvalue weighted by Gasteiger charge is 2.21. The van der Waals surface area contributed by atoms with Crippen LogP contribution < -0.4 is 5.32 Å². The van der Waals surface area contributed by atoms with Crippen LogP contribution in [0.15, 0.2) is 18.2 Å². The van der Waals surface area contributed by atoms with Crippen LogP contribution in [0, 0.1) is 6.92 Å². The van der Waals surface area contributed by atoms with E-state index in [0.717, 1.165) is 54.1 Å². The largest absolute Gasteiger partial charge is 0.317 e. The van der Waals surface area contributed by atoms with Crippen molar-refractivity contribution in [2.45, 2.75) is 58.3 Å². The maximum atomic E-state index is 5.06. The second-order valence-electron chi connectivity index (χ2n) is 7.15. The van der Waals surface area contributed by atoms with E-state index in [1.165, 1.54) is 31.2 Å². The zero-order valence-corrected chi connectivity index (χ0v) is 15.3. The summed E-state index contributed by atoms with van der Waals surface area (Å²) in [5.74, 6) is 2.37. The Morgan fingerprint density at radius 2 is 1.96 bits per heavy atom. The van der Waals surface area contributed by atoms with Gasteiger partial charge in [-0.3, -0.25) is 0 Å². The molecule has 25 heavy (non-hydrogen) atoms. The molecule has 1 aliphatic rings. The molecule has 1 atom stereocenters. The maximum absolute atomic E-state index is 5.06. The highest BCUT2D eigenvalue weighted by molar-refractivity contribution is 5.91. The molecule has 0 bridgehead atoms. The molecule has 1 fully saturated rings. The Balaban J connectivity index is 1.86. The van der Waals surface area contributed by atoms with Crippen LogP contribution in [0.5, 0.6) is 0 Å². The summed E-state index contributed by atoms with van der Waals surface area (Å²) in [5.41, 5.74) is 3.33. The second kappa shape index (κ2) is 7.08. The molecule has 1 saturated heterocycles. The Kier molecular flexibility index (Phi) is 4.66. The van der Waals surface area contributed by atoms with Crippen molar-refractivity contribution >= 4 is 16.6 Å². The molecule has 0 aliphatic carbocycles. The first-order valence-corrected chi connectivity index (χ1v) is 9.63. The van der Waals surface area contributed by atoms with Gasteiger partial charge in [0.2, 0.25) is 0 Å². The SMILES string of the molecule is CCc1ccc2nc(C3CCCCNCCC3)n3nc(C)nc3c2c1. The molecule has 132 valence electrons. The Morgan fingerprint density at radius 3 is 2.84 bits per heavy atom. The highest BCUT2D eigenvalue weighted by Crippen LogP contribution is 2.29. The Morgan fingerprint density at radius 1 is 1.12 bits per heavy atom. The lowest BCUT2D eigenvalue weighted by atomic mass is 9.96. The molecule has 1 aliphatic heterocycles. The van der Waals surface area contributed by atoms with Crippen LogP contribution in [-0.2, 0) is 6.42 Å². The van der Waals surface area contributed by atoms with Gasteiger partial charge in [-0.1, -0.05) is 19.4 Å². The number of hydrogen-bond acceptors (Lipinski definition) is 4. The predicted molar refractivity (Wildman–Crippen MR) is 101 cm³/mol. The van der Waals surface area contributed by atoms with Gasteiger partial charge < -0.3 is 5.32 Å². The number of aromatic nitrogens is 4. The number of nitrogens with one attached hydrogen (secondary N) is 1.